The minimum absolute atomic E-state index is 0.239. The van der Waals surface area contributed by atoms with Gasteiger partial charge in [0.1, 0.15) is 11.5 Å². The van der Waals surface area contributed by atoms with Crippen molar-refractivity contribution in [2.24, 2.45) is 0 Å². The van der Waals surface area contributed by atoms with Gasteiger partial charge in [-0.05, 0) is 18.6 Å². The van der Waals surface area contributed by atoms with Crippen molar-refractivity contribution in [1.82, 2.24) is 15.1 Å². The Labute approximate surface area is 104 Å². The first-order chi connectivity index (χ1) is 8.61. The van der Waals surface area contributed by atoms with Gasteiger partial charge in [-0.15, -0.1) is 0 Å². The van der Waals surface area contributed by atoms with E-state index >= 15 is 0 Å². The van der Waals surface area contributed by atoms with Gasteiger partial charge in [0.05, 0.1) is 18.2 Å². The Morgan fingerprint density at radius 2 is 2.22 bits per heavy atom. The quantitative estimate of drug-likeness (QED) is 0.901. The SMILES string of the molecule is CCC(O)C(C)c1nc(-c2ccc(F)cn2)no1. The number of hydrogen-bond acceptors (Lipinski definition) is 5. The first-order valence-corrected chi connectivity index (χ1v) is 5.75. The first kappa shape index (κ1) is 12.6. The summed E-state index contributed by atoms with van der Waals surface area (Å²) in [6.45, 7) is 3.68. The number of aliphatic hydroxyl groups excluding tert-OH is 1. The molecule has 2 unspecified atom stereocenters. The summed E-state index contributed by atoms with van der Waals surface area (Å²) >= 11 is 0. The number of halogens is 1. The summed E-state index contributed by atoms with van der Waals surface area (Å²) in [5.74, 6) is -0.0143. The maximum absolute atomic E-state index is 12.7. The first-order valence-electron chi connectivity index (χ1n) is 5.75. The molecule has 0 amide bonds. The molecule has 2 aromatic rings. The number of hydrogen-bond donors (Lipinski definition) is 1. The standard InChI is InChI=1S/C12H14FN3O2/c1-3-10(17)7(2)12-15-11(16-18-12)9-5-4-8(13)6-14-9/h4-7,10,17H,3H2,1-2H3. The fraction of sp³-hybridized carbons (Fsp3) is 0.417. The summed E-state index contributed by atoms with van der Waals surface area (Å²) in [5, 5.41) is 13.5. The zero-order valence-corrected chi connectivity index (χ0v) is 10.2. The number of aliphatic hydroxyl groups is 1. The predicted molar refractivity (Wildman–Crippen MR) is 62.2 cm³/mol. The van der Waals surface area contributed by atoms with Gasteiger partial charge in [-0.2, -0.15) is 4.98 Å². The van der Waals surface area contributed by atoms with Gasteiger partial charge >= 0.3 is 0 Å². The summed E-state index contributed by atoms with van der Waals surface area (Å²) in [6.07, 6.45) is 1.17. The minimum Gasteiger partial charge on any atom is -0.392 e. The average molecular weight is 251 g/mol. The number of nitrogens with zero attached hydrogens (tertiary/aromatic N) is 3. The van der Waals surface area contributed by atoms with Crippen molar-refractivity contribution >= 4 is 0 Å². The van der Waals surface area contributed by atoms with Crippen LogP contribution in [0.3, 0.4) is 0 Å². The van der Waals surface area contributed by atoms with Crippen LogP contribution in [-0.4, -0.2) is 26.3 Å². The van der Waals surface area contributed by atoms with Crippen molar-refractivity contribution in [3.8, 4) is 11.5 Å². The molecule has 5 nitrogen and oxygen atoms in total. The van der Waals surface area contributed by atoms with Crippen LogP contribution in [0.25, 0.3) is 11.5 Å². The monoisotopic (exact) mass is 251 g/mol. The molecule has 0 aromatic carbocycles. The molecule has 0 aliphatic heterocycles. The van der Waals surface area contributed by atoms with Crippen molar-refractivity contribution in [3.05, 3.63) is 30.0 Å². The highest BCUT2D eigenvalue weighted by atomic mass is 19.1. The van der Waals surface area contributed by atoms with Crippen molar-refractivity contribution in [1.29, 1.82) is 0 Å². The van der Waals surface area contributed by atoms with E-state index in [0.717, 1.165) is 6.20 Å². The summed E-state index contributed by atoms with van der Waals surface area (Å²) in [6, 6.07) is 2.76. The molecule has 18 heavy (non-hydrogen) atoms. The molecule has 0 saturated heterocycles. The maximum Gasteiger partial charge on any atom is 0.232 e. The van der Waals surface area contributed by atoms with Gasteiger partial charge in [0.15, 0.2) is 0 Å². The second kappa shape index (κ2) is 5.22. The van der Waals surface area contributed by atoms with Gasteiger partial charge in [-0.1, -0.05) is 19.0 Å². The third-order valence-electron chi connectivity index (χ3n) is 2.78. The minimum atomic E-state index is -0.528. The zero-order chi connectivity index (χ0) is 13.1. The van der Waals surface area contributed by atoms with E-state index in [2.05, 4.69) is 15.1 Å². The van der Waals surface area contributed by atoms with E-state index in [4.69, 9.17) is 4.52 Å². The van der Waals surface area contributed by atoms with Gasteiger partial charge in [0.2, 0.25) is 11.7 Å². The fourth-order valence-electron chi connectivity index (χ4n) is 1.55. The van der Waals surface area contributed by atoms with Gasteiger partial charge in [-0.3, -0.25) is 0 Å². The number of pyridine rings is 1. The second-order valence-electron chi connectivity index (χ2n) is 4.08. The second-order valence-corrected chi connectivity index (χ2v) is 4.08. The summed E-state index contributed by atoms with van der Waals surface area (Å²) in [5.41, 5.74) is 0.435. The molecule has 2 rings (SSSR count). The molecule has 0 aliphatic rings. The Hall–Kier alpha value is -1.82. The Morgan fingerprint density at radius 1 is 1.44 bits per heavy atom. The van der Waals surface area contributed by atoms with Gasteiger partial charge in [0, 0.05) is 0 Å². The molecule has 0 spiro atoms. The van der Waals surface area contributed by atoms with Crippen LogP contribution in [0.1, 0.15) is 32.1 Å². The van der Waals surface area contributed by atoms with E-state index in [-0.39, 0.29) is 5.92 Å². The zero-order valence-electron chi connectivity index (χ0n) is 10.2. The lowest BCUT2D eigenvalue weighted by molar-refractivity contribution is 0.129. The Morgan fingerprint density at radius 3 is 2.83 bits per heavy atom. The van der Waals surface area contributed by atoms with Crippen molar-refractivity contribution in [2.45, 2.75) is 32.3 Å². The third kappa shape index (κ3) is 2.53. The van der Waals surface area contributed by atoms with Crippen LogP contribution >= 0.6 is 0 Å². The third-order valence-corrected chi connectivity index (χ3v) is 2.78. The molecular formula is C12H14FN3O2. The lowest BCUT2D eigenvalue weighted by Crippen LogP contribution is -2.14. The molecule has 0 fully saturated rings. The van der Waals surface area contributed by atoms with E-state index in [1.165, 1.54) is 12.1 Å². The van der Waals surface area contributed by atoms with E-state index in [9.17, 15) is 9.50 Å². The molecular weight excluding hydrogens is 237 g/mol. The maximum atomic E-state index is 12.7. The largest absolute Gasteiger partial charge is 0.392 e. The van der Waals surface area contributed by atoms with Crippen LogP contribution in [0.2, 0.25) is 0 Å². The normalized spacial score (nSPS) is 14.4. The van der Waals surface area contributed by atoms with Crippen LogP contribution < -0.4 is 0 Å². The summed E-state index contributed by atoms with van der Waals surface area (Å²) in [7, 11) is 0. The van der Waals surface area contributed by atoms with Gasteiger partial charge in [-0.25, -0.2) is 9.37 Å². The van der Waals surface area contributed by atoms with Crippen molar-refractivity contribution in [2.75, 3.05) is 0 Å². The highest BCUT2D eigenvalue weighted by Crippen LogP contribution is 2.22. The highest BCUT2D eigenvalue weighted by Gasteiger charge is 2.21. The van der Waals surface area contributed by atoms with E-state index in [1.54, 1.807) is 0 Å². The molecule has 2 heterocycles. The van der Waals surface area contributed by atoms with Crippen LogP contribution in [0.15, 0.2) is 22.9 Å². The van der Waals surface area contributed by atoms with E-state index in [1.807, 2.05) is 13.8 Å². The molecule has 0 radical (unpaired) electrons. The molecule has 1 N–H and O–H groups in total. The van der Waals surface area contributed by atoms with E-state index < -0.39 is 11.9 Å². The Kier molecular flexibility index (Phi) is 3.66. The number of rotatable bonds is 4. The Balaban J connectivity index is 2.22. The van der Waals surface area contributed by atoms with E-state index in [0.29, 0.717) is 23.8 Å². The topological polar surface area (TPSA) is 72.0 Å². The molecule has 2 aromatic heterocycles. The highest BCUT2D eigenvalue weighted by molar-refractivity contribution is 5.47. The molecule has 0 aliphatic carbocycles. The lowest BCUT2D eigenvalue weighted by Gasteiger charge is -2.11. The summed E-state index contributed by atoms with van der Waals surface area (Å²) in [4.78, 5) is 8.02. The van der Waals surface area contributed by atoms with Gasteiger partial charge < -0.3 is 9.63 Å². The fourth-order valence-corrected chi connectivity index (χ4v) is 1.55. The molecule has 0 saturated carbocycles. The number of aromatic nitrogens is 3. The lowest BCUT2D eigenvalue weighted by atomic mass is 10.0. The molecule has 96 valence electrons. The van der Waals surface area contributed by atoms with Crippen molar-refractivity contribution in [3.63, 3.8) is 0 Å². The van der Waals surface area contributed by atoms with Crippen LogP contribution in [-0.2, 0) is 0 Å². The average Bonchev–Trinajstić information content (AvgIpc) is 2.87. The van der Waals surface area contributed by atoms with Crippen LogP contribution in [0, 0.1) is 5.82 Å². The van der Waals surface area contributed by atoms with Gasteiger partial charge in [0.25, 0.3) is 0 Å². The Bertz CT molecular complexity index is 512. The summed E-state index contributed by atoms with van der Waals surface area (Å²) < 4.78 is 17.8. The van der Waals surface area contributed by atoms with Crippen LogP contribution in [0.5, 0.6) is 0 Å². The molecule has 6 heteroatoms. The van der Waals surface area contributed by atoms with Crippen LogP contribution in [0.4, 0.5) is 4.39 Å². The molecule has 0 bridgehead atoms. The molecule has 2 atom stereocenters. The van der Waals surface area contributed by atoms with Crippen molar-refractivity contribution < 1.29 is 14.0 Å². The predicted octanol–water partition coefficient (Wildman–Crippen LogP) is 2.15. The smallest absolute Gasteiger partial charge is 0.232 e.